The molecular formula is C14H21N3O3S. The van der Waals surface area contributed by atoms with Gasteiger partial charge < -0.3 is 10.6 Å². The molecule has 0 bridgehead atoms. The first-order valence-electron chi connectivity index (χ1n) is 6.95. The van der Waals surface area contributed by atoms with Gasteiger partial charge in [0.05, 0.1) is 17.9 Å². The molecule has 21 heavy (non-hydrogen) atoms. The van der Waals surface area contributed by atoms with E-state index in [4.69, 9.17) is 0 Å². The summed E-state index contributed by atoms with van der Waals surface area (Å²) in [6.07, 6.45) is 3.01. The number of aryl methyl sites for hydroxylation is 1. The van der Waals surface area contributed by atoms with Crippen molar-refractivity contribution in [2.75, 3.05) is 29.4 Å². The zero-order chi connectivity index (χ0) is 15.5. The molecule has 7 heteroatoms. The molecule has 2 rings (SSSR count). The van der Waals surface area contributed by atoms with Crippen LogP contribution in [0.2, 0.25) is 0 Å². The molecule has 1 aromatic carbocycles. The molecule has 1 aliphatic rings. The second kappa shape index (κ2) is 6.44. The second-order valence-corrected chi connectivity index (χ2v) is 7.18. The summed E-state index contributed by atoms with van der Waals surface area (Å²) in [4.78, 5) is 12.1. The van der Waals surface area contributed by atoms with E-state index >= 15 is 0 Å². The van der Waals surface area contributed by atoms with Gasteiger partial charge in [0.2, 0.25) is 15.9 Å². The van der Waals surface area contributed by atoms with E-state index in [0.717, 1.165) is 31.2 Å². The third-order valence-corrected chi connectivity index (χ3v) is 4.05. The van der Waals surface area contributed by atoms with Crippen LogP contribution in [0.15, 0.2) is 18.2 Å². The lowest BCUT2D eigenvalue weighted by Crippen LogP contribution is -2.37. The molecule has 0 spiro atoms. The quantitative estimate of drug-likeness (QED) is 0.782. The lowest BCUT2D eigenvalue weighted by atomic mass is 9.98. The Kier molecular flexibility index (Phi) is 4.84. The topological polar surface area (TPSA) is 87.3 Å². The van der Waals surface area contributed by atoms with Gasteiger partial charge in [-0.3, -0.25) is 9.52 Å². The SMILES string of the molecule is Cc1cc(NC(=O)[C@@H]2CCCNC2)ccc1NS(C)(=O)=O. The number of sulfonamides is 1. The number of amides is 1. The number of carbonyl (C=O) groups excluding carboxylic acids is 1. The first-order valence-corrected chi connectivity index (χ1v) is 8.84. The predicted molar refractivity (Wildman–Crippen MR) is 83.9 cm³/mol. The van der Waals surface area contributed by atoms with Crippen molar-refractivity contribution < 1.29 is 13.2 Å². The van der Waals surface area contributed by atoms with Crippen LogP contribution in [0.4, 0.5) is 11.4 Å². The number of rotatable bonds is 4. The highest BCUT2D eigenvalue weighted by Crippen LogP contribution is 2.21. The van der Waals surface area contributed by atoms with Gasteiger partial charge in [0.1, 0.15) is 0 Å². The standard InChI is InChI=1S/C14H21N3O3S/c1-10-8-12(5-6-13(10)17-21(2,19)20)16-14(18)11-4-3-7-15-9-11/h5-6,8,11,15,17H,3-4,7,9H2,1-2H3,(H,16,18)/t11-/m1/s1. The molecule has 0 aromatic heterocycles. The third-order valence-electron chi connectivity index (χ3n) is 3.46. The van der Waals surface area contributed by atoms with Gasteiger partial charge in [0.15, 0.2) is 0 Å². The molecule has 0 unspecified atom stereocenters. The van der Waals surface area contributed by atoms with Crippen molar-refractivity contribution in [3.05, 3.63) is 23.8 Å². The van der Waals surface area contributed by atoms with Gasteiger partial charge in [0.25, 0.3) is 0 Å². The Bertz CT molecular complexity index is 622. The normalized spacial score (nSPS) is 19.0. The summed E-state index contributed by atoms with van der Waals surface area (Å²) >= 11 is 0. The highest BCUT2D eigenvalue weighted by atomic mass is 32.2. The molecule has 1 saturated heterocycles. The zero-order valence-corrected chi connectivity index (χ0v) is 13.1. The van der Waals surface area contributed by atoms with Crippen molar-refractivity contribution in [2.24, 2.45) is 5.92 Å². The molecule has 1 aromatic rings. The first-order chi connectivity index (χ1) is 9.85. The average molecular weight is 311 g/mol. The number of piperidine rings is 1. The zero-order valence-electron chi connectivity index (χ0n) is 12.3. The van der Waals surface area contributed by atoms with Crippen LogP contribution in [-0.4, -0.2) is 33.7 Å². The minimum Gasteiger partial charge on any atom is -0.326 e. The van der Waals surface area contributed by atoms with Crippen molar-refractivity contribution in [1.82, 2.24) is 5.32 Å². The van der Waals surface area contributed by atoms with Crippen LogP contribution in [0.3, 0.4) is 0 Å². The summed E-state index contributed by atoms with van der Waals surface area (Å²) in [7, 11) is -3.30. The molecule has 116 valence electrons. The predicted octanol–water partition coefficient (Wildman–Crippen LogP) is 1.30. The summed E-state index contributed by atoms with van der Waals surface area (Å²) in [6, 6.07) is 5.13. The maximum atomic E-state index is 12.1. The fourth-order valence-electron chi connectivity index (χ4n) is 2.38. The van der Waals surface area contributed by atoms with Crippen LogP contribution in [-0.2, 0) is 14.8 Å². The minimum atomic E-state index is -3.30. The van der Waals surface area contributed by atoms with Crippen LogP contribution >= 0.6 is 0 Å². The van der Waals surface area contributed by atoms with Crippen LogP contribution in [0, 0.1) is 12.8 Å². The van der Waals surface area contributed by atoms with Crippen molar-refractivity contribution in [2.45, 2.75) is 19.8 Å². The summed E-state index contributed by atoms with van der Waals surface area (Å²) < 4.78 is 24.9. The number of hydrogen-bond donors (Lipinski definition) is 3. The van der Waals surface area contributed by atoms with Crippen molar-refractivity contribution in [3.63, 3.8) is 0 Å². The molecule has 3 N–H and O–H groups in total. The van der Waals surface area contributed by atoms with Gasteiger partial charge >= 0.3 is 0 Å². The summed E-state index contributed by atoms with van der Waals surface area (Å²) in [5, 5.41) is 6.10. The van der Waals surface area contributed by atoms with E-state index in [-0.39, 0.29) is 11.8 Å². The van der Waals surface area contributed by atoms with Gasteiger partial charge in [-0.25, -0.2) is 8.42 Å². The van der Waals surface area contributed by atoms with Gasteiger partial charge in [-0.2, -0.15) is 0 Å². The van der Waals surface area contributed by atoms with E-state index in [1.807, 2.05) is 0 Å². The molecule has 1 aliphatic heterocycles. The molecule has 1 fully saturated rings. The summed E-state index contributed by atoms with van der Waals surface area (Å²) in [5.74, 6) is -0.00157. The molecule has 1 heterocycles. The fourth-order valence-corrected chi connectivity index (χ4v) is 3.00. The minimum absolute atomic E-state index is 0.00502. The van der Waals surface area contributed by atoms with Gasteiger partial charge in [-0.1, -0.05) is 0 Å². The first kappa shape index (κ1) is 15.8. The monoisotopic (exact) mass is 311 g/mol. The average Bonchev–Trinajstić information content (AvgIpc) is 2.41. The van der Waals surface area contributed by atoms with E-state index in [9.17, 15) is 13.2 Å². The third kappa shape index (κ3) is 4.71. The molecule has 1 atom stereocenters. The smallest absolute Gasteiger partial charge is 0.229 e. The van der Waals surface area contributed by atoms with Crippen LogP contribution < -0.4 is 15.4 Å². The van der Waals surface area contributed by atoms with E-state index < -0.39 is 10.0 Å². The maximum Gasteiger partial charge on any atom is 0.229 e. The van der Waals surface area contributed by atoms with Crippen molar-refractivity contribution in [1.29, 1.82) is 0 Å². The number of anilines is 2. The lowest BCUT2D eigenvalue weighted by molar-refractivity contribution is -0.120. The van der Waals surface area contributed by atoms with E-state index in [1.165, 1.54) is 0 Å². The Labute approximate surface area is 125 Å². The number of benzene rings is 1. The number of carbonyl (C=O) groups is 1. The van der Waals surface area contributed by atoms with Crippen molar-refractivity contribution >= 4 is 27.3 Å². The second-order valence-electron chi connectivity index (χ2n) is 5.44. The van der Waals surface area contributed by atoms with Crippen LogP contribution in [0.1, 0.15) is 18.4 Å². The van der Waals surface area contributed by atoms with E-state index in [0.29, 0.717) is 17.9 Å². The maximum absolute atomic E-state index is 12.1. The Morgan fingerprint density at radius 1 is 1.38 bits per heavy atom. The highest BCUT2D eigenvalue weighted by Gasteiger charge is 2.20. The number of nitrogens with one attached hydrogen (secondary N) is 3. The fraction of sp³-hybridized carbons (Fsp3) is 0.500. The van der Waals surface area contributed by atoms with Crippen LogP contribution in [0.5, 0.6) is 0 Å². The van der Waals surface area contributed by atoms with Gasteiger partial charge in [0, 0.05) is 12.2 Å². The van der Waals surface area contributed by atoms with Crippen LogP contribution in [0.25, 0.3) is 0 Å². The van der Waals surface area contributed by atoms with Gasteiger partial charge in [-0.05, 0) is 50.1 Å². The Morgan fingerprint density at radius 3 is 2.71 bits per heavy atom. The molecule has 0 saturated carbocycles. The molecule has 0 aliphatic carbocycles. The Hall–Kier alpha value is -1.60. The number of hydrogen-bond acceptors (Lipinski definition) is 4. The van der Waals surface area contributed by atoms with Crippen molar-refractivity contribution in [3.8, 4) is 0 Å². The largest absolute Gasteiger partial charge is 0.326 e. The summed E-state index contributed by atoms with van der Waals surface area (Å²) in [6.45, 7) is 3.47. The Morgan fingerprint density at radius 2 is 2.14 bits per heavy atom. The molecule has 6 nitrogen and oxygen atoms in total. The molecule has 1 amide bonds. The Balaban J connectivity index is 2.04. The van der Waals surface area contributed by atoms with E-state index in [1.54, 1.807) is 25.1 Å². The highest BCUT2D eigenvalue weighted by molar-refractivity contribution is 7.92. The molecular weight excluding hydrogens is 290 g/mol. The lowest BCUT2D eigenvalue weighted by Gasteiger charge is -2.22. The van der Waals surface area contributed by atoms with E-state index in [2.05, 4.69) is 15.4 Å². The van der Waals surface area contributed by atoms with Gasteiger partial charge in [-0.15, -0.1) is 0 Å². The molecule has 0 radical (unpaired) electrons. The summed E-state index contributed by atoms with van der Waals surface area (Å²) in [5.41, 5.74) is 1.97.